The second-order valence-electron chi connectivity index (χ2n) is 4.97. The van der Waals surface area contributed by atoms with E-state index in [1.807, 2.05) is 24.3 Å². The van der Waals surface area contributed by atoms with Crippen LogP contribution in [-0.4, -0.2) is 6.04 Å². The molecule has 1 aromatic carbocycles. The summed E-state index contributed by atoms with van der Waals surface area (Å²) in [5.74, 6) is 0. The fraction of sp³-hybridized carbons (Fsp3) is 0.500. The zero-order valence-electron chi connectivity index (χ0n) is 9.50. The summed E-state index contributed by atoms with van der Waals surface area (Å²) >= 11 is 5.91. The van der Waals surface area contributed by atoms with Crippen LogP contribution in [0.15, 0.2) is 24.3 Å². The molecule has 84 valence electrons. The van der Waals surface area contributed by atoms with Crippen molar-refractivity contribution in [3.8, 4) is 0 Å². The standard InChI is InChI=1S/C12H19ClN2/c1-12(2,3)11(15)10(14)8-5-4-6-9(13)7-8/h4-7,10-11H,14-15H2,1-3H3. The van der Waals surface area contributed by atoms with Crippen molar-refractivity contribution in [3.05, 3.63) is 34.9 Å². The molecule has 0 saturated carbocycles. The number of hydrogen-bond acceptors (Lipinski definition) is 2. The quantitative estimate of drug-likeness (QED) is 0.815. The van der Waals surface area contributed by atoms with Crippen molar-refractivity contribution in [2.45, 2.75) is 32.9 Å². The molecule has 2 nitrogen and oxygen atoms in total. The molecule has 15 heavy (non-hydrogen) atoms. The van der Waals surface area contributed by atoms with Gasteiger partial charge in [0.2, 0.25) is 0 Å². The Kier molecular flexibility index (Phi) is 3.77. The van der Waals surface area contributed by atoms with Crippen molar-refractivity contribution >= 4 is 11.6 Å². The molecule has 1 aromatic rings. The predicted octanol–water partition coefficient (Wildman–Crippen LogP) is 2.71. The van der Waals surface area contributed by atoms with Crippen LogP contribution in [0.1, 0.15) is 32.4 Å². The summed E-state index contributed by atoms with van der Waals surface area (Å²) in [6.45, 7) is 6.26. The van der Waals surface area contributed by atoms with Crippen LogP contribution in [0.4, 0.5) is 0 Å². The molecule has 0 aliphatic rings. The first-order chi connectivity index (χ1) is 6.82. The summed E-state index contributed by atoms with van der Waals surface area (Å²) in [4.78, 5) is 0. The van der Waals surface area contributed by atoms with E-state index in [1.54, 1.807) is 0 Å². The Morgan fingerprint density at radius 3 is 2.27 bits per heavy atom. The van der Waals surface area contributed by atoms with Crippen LogP contribution in [0.5, 0.6) is 0 Å². The topological polar surface area (TPSA) is 52.0 Å². The SMILES string of the molecule is CC(C)(C)C(N)C(N)c1cccc(Cl)c1. The van der Waals surface area contributed by atoms with E-state index in [2.05, 4.69) is 20.8 Å². The highest BCUT2D eigenvalue weighted by Crippen LogP contribution is 2.27. The van der Waals surface area contributed by atoms with Gasteiger partial charge in [-0.2, -0.15) is 0 Å². The monoisotopic (exact) mass is 226 g/mol. The maximum absolute atomic E-state index is 6.11. The van der Waals surface area contributed by atoms with Gasteiger partial charge in [0.25, 0.3) is 0 Å². The van der Waals surface area contributed by atoms with Crippen LogP contribution < -0.4 is 11.5 Å². The lowest BCUT2D eigenvalue weighted by atomic mass is 9.81. The Bertz CT molecular complexity index is 331. The highest BCUT2D eigenvalue weighted by molar-refractivity contribution is 6.30. The summed E-state index contributed by atoms with van der Waals surface area (Å²) < 4.78 is 0. The Labute approximate surface area is 96.6 Å². The van der Waals surface area contributed by atoms with Gasteiger partial charge in [0.15, 0.2) is 0 Å². The Hall–Kier alpha value is -0.570. The molecule has 0 radical (unpaired) electrons. The molecule has 1 rings (SSSR count). The zero-order valence-corrected chi connectivity index (χ0v) is 10.3. The van der Waals surface area contributed by atoms with Crippen molar-refractivity contribution in [2.75, 3.05) is 0 Å². The van der Waals surface area contributed by atoms with Gasteiger partial charge in [-0.3, -0.25) is 0 Å². The van der Waals surface area contributed by atoms with Crippen LogP contribution in [0.2, 0.25) is 5.02 Å². The lowest BCUT2D eigenvalue weighted by Gasteiger charge is -2.32. The van der Waals surface area contributed by atoms with Gasteiger partial charge in [-0.15, -0.1) is 0 Å². The molecule has 2 unspecified atom stereocenters. The molecule has 0 heterocycles. The fourth-order valence-electron chi connectivity index (χ4n) is 1.46. The number of rotatable bonds is 2. The van der Waals surface area contributed by atoms with Crippen molar-refractivity contribution in [3.63, 3.8) is 0 Å². The number of halogens is 1. The lowest BCUT2D eigenvalue weighted by Crippen LogP contribution is -2.44. The normalized spacial score (nSPS) is 16.1. The van der Waals surface area contributed by atoms with E-state index in [0.29, 0.717) is 5.02 Å². The summed E-state index contributed by atoms with van der Waals surface area (Å²) in [6.07, 6.45) is 0. The molecule has 2 atom stereocenters. The van der Waals surface area contributed by atoms with Crippen LogP contribution in [0, 0.1) is 5.41 Å². The second kappa shape index (κ2) is 4.52. The van der Waals surface area contributed by atoms with Crippen LogP contribution >= 0.6 is 11.6 Å². The minimum Gasteiger partial charge on any atom is -0.326 e. The maximum atomic E-state index is 6.11. The van der Waals surface area contributed by atoms with E-state index in [0.717, 1.165) is 5.56 Å². The van der Waals surface area contributed by atoms with E-state index < -0.39 is 0 Å². The van der Waals surface area contributed by atoms with Gasteiger partial charge in [0.1, 0.15) is 0 Å². The Morgan fingerprint density at radius 1 is 1.20 bits per heavy atom. The van der Waals surface area contributed by atoms with Crippen molar-refractivity contribution in [1.29, 1.82) is 0 Å². The summed E-state index contributed by atoms with van der Waals surface area (Å²) in [5, 5.41) is 0.698. The third kappa shape index (κ3) is 3.20. The molecule has 0 aliphatic heterocycles. The molecule has 0 bridgehead atoms. The molecule has 0 spiro atoms. The van der Waals surface area contributed by atoms with Crippen molar-refractivity contribution in [2.24, 2.45) is 16.9 Å². The Balaban J connectivity index is 2.90. The van der Waals surface area contributed by atoms with Crippen LogP contribution in [0.25, 0.3) is 0 Å². The summed E-state index contributed by atoms with van der Waals surface area (Å²) in [6, 6.07) is 7.30. The average molecular weight is 227 g/mol. The van der Waals surface area contributed by atoms with Gasteiger partial charge < -0.3 is 11.5 Å². The molecule has 0 aliphatic carbocycles. The lowest BCUT2D eigenvalue weighted by molar-refractivity contribution is 0.282. The molecule has 4 N–H and O–H groups in total. The molecule has 3 heteroatoms. The van der Waals surface area contributed by atoms with Gasteiger partial charge in [-0.05, 0) is 23.1 Å². The van der Waals surface area contributed by atoms with Crippen LogP contribution in [-0.2, 0) is 0 Å². The summed E-state index contributed by atoms with van der Waals surface area (Å²) in [7, 11) is 0. The molecule has 0 fully saturated rings. The third-order valence-electron chi connectivity index (χ3n) is 2.62. The van der Waals surface area contributed by atoms with E-state index in [4.69, 9.17) is 23.1 Å². The largest absolute Gasteiger partial charge is 0.326 e. The number of benzene rings is 1. The highest BCUT2D eigenvalue weighted by Gasteiger charge is 2.27. The highest BCUT2D eigenvalue weighted by atomic mass is 35.5. The maximum Gasteiger partial charge on any atom is 0.0454 e. The zero-order chi connectivity index (χ0) is 11.6. The first kappa shape index (κ1) is 12.5. The van der Waals surface area contributed by atoms with Crippen molar-refractivity contribution in [1.82, 2.24) is 0 Å². The van der Waals surface area contributed by atoms with Gasteiger partial charge in [0.05, 0.1) is 0 Å². The summed E-state index contributed by atoms with van der Waals surface area (Å²) in [5.41, 5.74) is 13.2. The van der Waals surface area contributed by atoms with E-state index >= 15 is 0 Å². The number of hydrogen-bond donors (Lipinski definition) is 2. The van der Waals surface area contributed by atoms with Crippen LogP contribution in [0.3, 0.4) is 0 Å². The molecule has 0 aromatic heterocycles. The van der Waals surface area contributed by atoms with Gasteiger partial charge in [-0.25, -0.2) is 0 Å². The van der Waals surface area contributed by atoms with Gasteiger partial charge >= 0.3 is 0 Å². The van der Waals surface area contributed by atoms with E-state index in [1.165, 1.54) is 0 Å². The van der Waals surface area contributed by atoms with Gasteiger partial charge in [-0.1, -0.05) is 44.5 Å². The van der Waals surface area contributed by atoms with Gasteiger partial charge in [0, 0.05) is 17.1 Å². The average Bonchev–Trinajstić information content (AvgIpc) is 2.14. The predicted molar refractivity (Wildman–Crippen MR) is 65.8 cm³/mol. The minimum absolute atomic E-state index is 0.0122. The molecule has 0 amide bonds. The number of nitrogens with two attached hydrogens (primary N) is 2. The first-order valence-corrected chi connectivity index (χ1v) is 5.47. The minimum atomic E-state index is -0.177. The third-order valence-corrected chi connectivity index (χ3v) is 2.86. The molecule has 0 saturated heterocycles. The molecular formula is C12H19ClN2. The fourth-order valence-corrected chi connectivity index (χ4v) is 1.66. The Morgan fingerprint density at radius 2 is 1.80 bits per heavy atom. The van der Waals surface area contributed by atoms with E-state index in [9.17, 15) is 0 Å². The van der Waals surface area contributed by atoms with E-state index in [-0.39, 0.29) is 17.5 Å². The molecular weight excluding hydrogens is 208 g/mol. The van der Waals surface area contributed by atoms with Crippen molar-refractivity contribution < 1.29 is 0 Å². The second-order valence-corrected chi connectivity index (χ2v) is 5.41. The smallest absolute Gasteiger partial charge is 0.0454 e. The first-order valence-electron chi connectivity index (χ1n) is 5.09.